The molecule has 0 aromatic carbocycles. The first-order valence-corrected chi connectivity index (χ1v) is 11.8. The minimum absolute atomic E-state index is 0.0309. The number of hydrogen-bond donors (Lipinski definition) is 0. The van der Waals surface area contributed by atoms with Crippen molar-refractivity contribution in [2.75, 3.05) is 0 Å². The maximum absolute atomic E-state index is 6.67. The van der Waals surface area contributed by atoms with E-state index in [9.17, 15) is 0 Å². The van der Waals surface area contributed by atoms with Gasteiger partial charge in [-0.15, -0.1) is 11.3 Å². The van der Waals surface area contributed by atoms with Gasteiger partial charge in [-0.05, 0) is 41.7 Å². The average Bonchev–Trinajstić information content (AvgIpc) is 3.07. The third kappa shape index (κ3) is 4.60. The minimum Gasteiger partial charge on any atom is -0.407 e. The quantitative estimate of drug-likeness (QED) is 0.520. The van der Waals surface area contributed by atoms with Crippen molar-refractivity contribution in [2.24, 2.45) is 7.05 Å². The third-order valence-corrected chi connectivity index (χ3v) is 9.85. The standard InChI is InChI=1S/C19H27NOSSi/c1-19(2,3)23(5,6)21-18(17-12-8-14-20(17)4)13-7-10-16-11-9-15-22-16/h8-9,11-12,14-15,18H,13H2,1-6H3. The van der Waals surface area contributed by atoms with Gasteiger partial charge in [-0.1, -0.05) is 38.7 Å². The van der Waals surface area contributed by atoms with Gasteiger partial charge in [0.05, 0.1) is 11.0 Å². The topological polar surface area (TPSA) is 14.2 Å². The average molecular weight is 346 g/mol. The van der Waals surface area contributed by atoms with Crippen molar-refractivity contribution in [3.05, 3.63) is 46.4 Å². The van der Waals surface area contributed by atoms with Crippen LogP contribution in [0.1, 0.15) is 43.9 Å². The highest BCUT2D eigenvalue weighted by molar-refractivity contribution is 7.10. The maximum atomic E-state index is 6.67. The fourth-order valence-electron chi connectivity index (χ4n) is 2.13. The van der Waals surface area contributed by atoms with E-state index >= 15 is 0 Å². The molecule has 0 N–H and O–H groups in total. The van der Waals surface area contributed by atoms with Crippen molar-refractivity contribution < 1.29 is 4.43 Å². The van der Waals surface area contributed by atoms with E-state index in [1.54, 1.807) is 11.3 Å². The molecule has 0 aliphatic carbocycles. The fourth-order valence-corrected chi connectivity index (χ4v) is 3.99. The Labute approximate surface area is 145 Å². The Balaban J connectivity index is 2.21. The van der Waals surface area contributed by atoms with Crippen molar-refractivity contribution in [3.63, 3.8) is 0 Å². The highest BCUT2D eigenvalue weighted by Crippen LogP contribution is 2.40. The number of aromatic nitrogens is 1. The lowest BCUT2D eigenvalue weighted by Crippen LogP contribution is -2.42. The van der Waals surface area contributed by atoms with Crippen molar-refractivity contribution >= 4 is 19.7 Å². The molecule has 0 saturated heterocycles. The third-order valence-electron chi connectivity index (χ3n) is 4.58. The number of thiophene rings is 1. The van der Waals surface area contributed by atoms with Crippen molar-refractivity contribution in [3.8, 4) is 11.8 Å². The van der Waals surface area contributed by atoms with Gasteiger partial charge in [0.1, 0.15) is 0 Å². The second kappa shape index (κ2) is 7.08. The van der Waals surface area contributed by atoms with E-state index in [2.05, 4.69) is 87.1 Å². The van der Waals surface area contributed by atoms with Gasteiger partial charge in [-0.3, -0.25) is 0 Å². The summed E-state index contributed by atoms with van der Waals surface area (Å²) in [6.07, 6.45) is 2.83. The van der Waals surface area contributed by atoms with E-state index < -0.39 is 8.32 Å². The molecule has 1 atom stereocenters. The molecule has 0 aliphatic heterocycles. The molecule has 0 spiro atoms. The van der Waals surface area contributed by atoms with Crippen LogP contribution in [0.3, 0.4) is 0 Å². The molecule has 2 heterocycles. The zero-order valence-electron chi connectivity index (χ0n) is 15.0. The van der Waals surface area contributed by atoms with Gasteiger partial charge in [0.2, 0.25) is 0 Å². The molecular formula is C19H27NOSSi. The lowest BCUT2D eigenvalue weighted by Gasteiger charge is -2.39. The Morgan fingerprint density at radius 2 is 2.00 bits per heavy atom. The van der Waals surface area contributed by atoms with Crippen LogP contribution in [0, 0.1) is 11.8 Å². The van der Waals surface area contributed by atoms with Gasteiger partial charge in [-0.25, -0.2) is 0 Å². The van der Waals surface area contributed by atoms with Crippen LogP contribution in [0.4, 0.5) is 0 Å². The van der Waals surface area contributed by atoms with E-state index in [-0.39, 0.29) is 11.1 Å². The Kier molecular flexibility index (Phi) is 5.56. The van der Waals surface area contributed by atoms with E-state index in [1.807, 2.05) is 6.07 Å². The number of hydrogen-bond acceptors (Lipinski definition) is 2. The zero-order chi connectivity index (χ0) is 17.1. The molecule has 0 radical (unpaired) electrons. The van der Waals surface area contributed by atoms with Crippen molar-refractivity contribution in [2.45, 2.75) is 51.4 Å². The molecule has 2 rings (SSSR count). The van der Waals surface area contributed by atoms with E-state index in [4.69, 9.17) is 4.43 Å². The Hall–Kier alpha value is -1.28. The van der Waals surface area contributed by atoms with Crippen molar-refractivity contribution in [1.29, 1.82) is 0 Å². The largest absolute Gasteiger partial charge is 0.407 e. The predicted octanol–water partition coefficient (Wildman–Crippen LogP) is 5.59. The number of nitrogens with zero attached hydrogens (tertiary/aromatic N) is 1. The smallest absolute Gasteiger partial charge is 0.193 e. The summed E-state index contributed by atoms with van der Waals surface area (Å²) in [6.45, 7) is 11.4. The first-order valence-electron chi connectivity index (χ1n) is 8.02. The van der Waals surface area contributed by atoms with Crippen LogP contribution >= 0.6 is 11.3 Å². The molecule has 0 fully saturated rings. The molecule has 0 bridgehead atoms. The fraction of sp³-hybridized carbons (Fsp3) is 0.474. The van der Waals surface area contributed by atoms with Gasteiger partial charge in [-0.2, -0.15) is 0 Å². The van der Waals surface area contributed by atoms with Crippen molar-refractivity contribution in [1.82, 2.24) is 4.57 Å². The zero-order valence-corrected chi connectivity index (χ0v) is 16.8. The SMILES string of the molecule is Cn1cccc1C(CC#Cc1cccs1)O[Si](C)(C)C(C)(C)C. The predicted molar refractivity (Wildman–Crippen MR) is 102 cm³/mol. The normalized spacial score (nSPS) is 13.5. The Morgan fingerprint density at radius 1 is 1.26 bits per heavy atom. The first-order chi connectivity index (χ1) is 10.7. The van der Waals surface area contributed by atoms with Crippen LogP contribution in [0.15, 0.2) is 35.8 Å². The maximum Gasteiger partial charge on any atom is 0.193 e. The lowest BCUT2D eigenvalue weighted by atomic mass is 10.2. The van der Waals surface area contributed by atoms with Gasteiger partial charge in [0, 0.05) is 25.4 Å². The van der Waals surface area contributed by atoms with Crippen LogP contribution in [0.25, 0.3) is 0 Å². The Morgan fingerprint density at radius 3 is 2.52 bits per heavy atom. The molecule has 0 amide bonds. The summed E-state index contributed by atoms with van der Waals surface area (Å²) >= 11 is 1.68. The highest BCUT2D eigenvalue weighted by atomic mass is 32.1. The summed E-state index contributed by atoms with van der Waals surface area (Å²) in [5.74, 6) is 6.58. The van der Waals surface area contributed by atoms with E-state index in [0.717, 1.165) is 11.3 Å². The Bertz CT molecular complexity index is 683. The summed E-state index contributed by atoms with van der Waals surface area (Å²) in [5.41, 5.74) is 1.20. The van der Waals surface area contributed by atoms with Crippen LogP contribution in [-0.2, 0) is 11.5 Å². The molecule has 0 aliphatic rings. The van der Waals surface area contributed by atoms with Gasteiger partial charge >= 0.3 is 0 Å². The first kappa shape index (κ1) is 18.1. The van der Waals surface area contributed by atoms with Crippen LogP contribution in [0.5, 0.6) is 0 Å². The second-order valence-corrected chi connectivity index (χ2v) is 13.1. The molecular weight excluding hydrogens is 318 g/mol. The summed E-state index contributed by atoms with van der Waals surface area (Å²) in [6, 6.07) is 8.31. The summed E-state index contributed by atoms with van der Waals surface area (Å²) < 4.78 is 8.81. The highest BCUT2D eigenvalue weighted by Gasteiger charge is 2.39. The molecule has 2 aromatic rings. The molecule has 2 nitrogen and oxygen atoms in total. The second-order valence-electron chi connectivity index (χ2n) is 7.39. The molecule has 1 unspecified atom stereocenters. The van der Waals surface area contributed by atoms with Gasteiger partial charge < -0.3 is 8.99 Å². The van der Waals surface area contributed by atoms with E-state index in [0.29, 0.717) is 0 Å². The molecule has 2 aromatic heterocycles. The lowest BCUT2D eigenvalue weighted by molar-refractivity contribution is 0.181. The number of rotatable bonds is 4. The van der Waals surface area contributed by atoms with Gasteiger partial charge in [0.15, 0.2) is 8.32 Å². The van der Waals surface area contributed by atoms with Crippen LogP contribution in [0.2, 0.25) is 18.1 Å². The summed E-state index contributed by atoms with van der Waals surface area (Å²) in [5, 5.41) is 2.25. The number of aryl methyl sites for hydroxylation is 1. The summed E-state index contributed by atoms with van der Waals surface area (Å²) in [7, 11) is 0.232. The molecule has 124 valence electrons. The van der Waals surface area contributed by atoms with E-state index in [1.165, 1.54) is 5.69 Å². The molecule has 0 saturated carbocycles. The van der Waals surface area contributed by atoms with Crippen LogP contribution < -0.4 is 0 Å². The monoisotopic (exact) mass is 345 g/mol. The molecule has 4 heteroatoms. The minimum atomic E-state index is -1.84. The molecule has 23 heavy (non-hydrogen) atoms. The van der Waals surface area contributed by atoms with Crippen LogP contribution in [-0.4, -0.2) is 12.9 Å². The summed E-state index contributed by atoms with van der Waals surface area (Å²) in [4.78, 5) is 1.11. The van der Waals surface area contributed by atoms with Gasteiger partial charge in [0.25, 0.3) is 0 Å².